The molecule has 3 aromatic rings. The normalized spacial score (nSPS) is 9.93. The Morgan fingerprint density at radius 3 is 2.09 bits per heavy atom. The Balaban J connectivity index is -0.000000690. The zero-order chi connectivity index (χ0) is 32.4. The number of hydrogen-bond acceptors (Lipinski definition) is 10. The SMILES string of the molecule is C=C=C=C=C=C=C=C(OC(=O)C=C)Oc1ccc(N=Nc2ccc(N=Nc3ccc(N(C)CCOC(C)=O)cc3)cc2)c(Cl)c1.[HH].[HH].[HH].[HH].[HH].[HH].[HH].[HH]. The molecule has 0 unspecified atom stereocenters. The molecular formula is C34H42ClN5O5. The highest BCUT2D eigenvalue weighted by Crippen LogP contribution is 2.32. The number of anilines is 1. The summed E-state index contributed by atoms with van der Waals surface area (Å²) in [6, 6.07) is 19.1. The minimum absolute atomic E-state index is 0. The summed E-state index contributed by atoms with van der Waals surface area (Å²) in [4.78, 5) is 24.5. The second-order valence-electron chi connectivity index (χ2n) is 8.62. The van der Waals surface area contributed by atoms with Gasteiger partial charge in [0, 0.05) is 48.9 Å². The zero-order valence-electron chi connectivity index (χ0n) is 24.4. The molecule has 10 nitrogen and oxygen atoms in total. The van der Waals surface area contributed by atoms with Crippen LogP contribution in [-0.4, -0.2) is 32.1 Å². The molecule has 0 spiro atoms. The summed E-state index contributed by atoms with van der Waals surface area (Å²) in [6.07, 6.45) is 0.966. The molecule has 45 heavy (non-hydrogen) atoms. The van der Waals surface area contributed by atoms with Gasteiger partial charge in [0.15, 0.2) is 0 Å². The number of carbonyl (C=O) groups is 2. The lowest BCUT2D eigenvalue weighted by atomic mass is 10.2. The maximum absolute atomic E-state index is 11.6. The maximum atomic E-state index is 11.6. The molecule has 0 saturated carbocycles. The highest BCUT2D eigenvalue weighted by atomic mass is 35.5. The standard InChI is InChI=1S/C34H26ClN5O5.8H2/c1-5-7-8-9-10-11-34(45-33(42)6-2)44-30-20-21-32(31(35)24-30)39-38-27-14-12-26(13-15-27)36-37-28-16-18-29(19-17-28)40(4)22-23-43-25(3)41;;;;;;;;/h6,12-21,24H,1-2,22-23H2,3-4H3;8*1H. The summed E-state index contributed by atoms with van der Waals surface area (Å²) >= 11 is 6.36. The Hall–Kier alpha value is -6.15. The van der Waals surface area contributed by atoms with Crippen LogP contribution in [0.4, 0.5) is 28.4 Å². The van der Waals surface area contributed by atoms with E-state index < -0.39 is 5.97 Å². The fourth-order valence-corrected chi connectivity index (χ4v) is 3.38. The van der Waals surface area contributed by atoms with Crippen LogP contribution in [0.1, 0.15) is 18.3 Å². The monoisotopic (exact) mass is 635 g/mol. The molecule has 0 radical (unpaired) electrons. The Morgan fingerprint density at radius 2 is 1.51 bits per heavy atom. The molecule has 0 aliphatic rings. The number of carbonyl (C=O) groups excluding carboxylic acids is 2. The van der Waals surface area contributed by atoms with Crippen molar-refractivity contribution in [2.45, 2.75) is 6.92 Å². The molecule has 0 aliphatic carbocycles. The molecule has 0 aromatic heterocycles. The van der Waals surface area contributed by atoms with Crippen molar-refractivity contribution in [3.63, 3.8) is 0 Å². The number of hydrogen-bond donors (Lipinski definition) is 0. The van der Waals surface area contributed by atoms with Crippen LogP contribution in [0.2, 0.25) is 5.02 Å². The first-order valence-corrected chi connectivity index (χ1v) is 13.5. The van der Waals surface area contributed by atoms with Gasteiger partial charge >= 0.3 is 17.9 Å². The summed E-state index contributed by atoms with van der Waals surface area (Å²) in [5.41, 5.74) is 17.9. The lowest BCUT2D eigenvalue weighted by molar-refractivity contribution is -0.140. The molecule has 240 valence electrons. The maximum Gasteiger partial charge on any atom is 0.350 e. The van der Waals surface area contributed by atoms with Crippen LogP contribution in [-0.2, 0) is 19.1 Å². The molecular weight excluding hydrogens is 594 g/mol. The van der Waals surface area contributed by atoms with E-state index in [2.05, 4.69) is 68.0 Å². The number of likely N-dealkylation sites (N-methyl/N-ethyl adjacent to an activating group) is 1. The fraction of sp³-hybridized carbons (Fsp3) is 0.118. The van der Waals surface area contributed by atoms with Crippen molar-refractivity contribution in [2.75, 3.05) is 25.1 Å². The van der Waals surface area contributed by atoms with Gasteiger partial charge in [-0.25, -0.2) is 4.79 Å². The number of nitrogens with zero attached hydrogens (tertiary/aromatic N) is 5. The minimum Gasteiger partial charge on any atom is -0.464 e. The predicted octanol–water partition coefficient (Wildman–Crippen LogP) is 10.6. The van der Waals surface area contributed by atoms with Gasteiger partial charge in [0.05, 0.1) is 28.6 Å². The van der Waals surface area contributed by atoms with Crippen molar-refractivity contribution >= 4 is 52.0 Å². The number of ether oxygens (including phenoxy) is 3. The van der Waals surface area contributed by atoms with Crippen LogP contribution in [0.5, 0.6) is 5.75 Å². The summed E-state index contributed by atoms with van der Waals surface area (Å²) in [5.74, 6) is -1.15. The molecule has 0 heterocycles. The Morgan fingerprint density at radius 1 is 0.911 bits per heavy atom. The van der Waals surface area contributed by atoms with E-state index in [-0.39, 0.29) is 34.1 Å². The Kier molecular flexibility index (Phi) is 13.1. The largest absolute Gasteiger partial charge is 0.464 e. The highest BCUT2D eigenvalue weighted by molar-refractivity contribution is 6.33. The first-order chi connectivity index (χ1) is 21.8. The smallest absolute Gasteiger partial charge is 0.350 e. The van der Waals surface area contributed by atoms with E-state index in [4.69, 9.17) is 25.8 Å². The van der Waals surface area contributed by atoms with Crippen LogP contribution in [0.3, 0.4) is 0 Å². The van der Waals surface area contributed by atoms with Gasteiger partial charge in [-0.2, -0.15) is 15.3 Å². The van der Waals surface area contributed by atoms with Crippen molar-refractivity contribution in [1.82, 2.24) is 0 Å². The van der Waals surface area contributed by atoms with Gasteiger partial charge in [-0.3, -0.25) is 4.79 Å². The summed E-state index contributed by atoms with van der Waals surface area (Å²) in [7, 11) is 1.91. The second kappa shape index (κ2) is 17.7. The molecule has 0 fully saturated rings. The highest BCUT2D eigenvalue weighted by Gasteiger charge is 2.09. The number of halogens is 1. The van der Waals surface area contributed by atoms with Crippen molar-refractivity contribution < 1.29 is 35.2 Å². The Bertz CT molecular complexity index is 1880. The fourth-order valence-electron chi connectivity index (χ4n) is 3.18. The van der Waals surface area contributed by atoms with Crippen LogP contribution in [0.15, 0.2) is 147 Å². The molecule has 11 heteroatoms. The van der Waals surface area contributed by atoms with Crippen molar-refractivity contribution in [1.29, 1.82) is 0 Å². The molecule has 0 saturated heterocycles. The van der Waals surface area contributed by atoms with Crippen molar-refractivity contribution in [2.24, 2.45) is 20.5 Å². The van der Waals surface area contributed by atoms with Crippen LogP contribution in [0, 0.1) is 0 Å². The first-order valence-electron chi connectivity index (χ1n) is 13.1. The lowest BCUT2D eigenvalue weighted by Crippen LogP contribution is -2.23. The predicted molar refractivity (Wildman–Crippen MR) is 187 cm³/mol. The van der Waals surface area contributed by atoms with Gasteiger partial charge in [0.25, 0.3) is 0 Å². The molecule has 3 aromatic carbocycles. The van der Waals surface area contributed by atoms with Gasteiger partial charge in [-0.1, -0.05) is 23.9 Å². The van der Waals surface area contributed by atoms with Crippen LogP contribution < -0.4 is 9.64 Å². The third kappa shape index (κ3) is 11.9. The molecule has 0 N–H and O–H groups in total. The van der Waals surface area contributed by atoms with E-state index in [1.807, 2.05) is 36.2 Å². The molecule has 0 amide bonds. The second-order valence-corrected chi connectivity index (χ2v) is 9.03. The van der Waals surface area contributed by atoms with Gasteiger partial charge < -0.3 is 19.1 Å². The van der Waals surface area contributed by atoms with E-state index in [9.17, 15) is 9.59 Å². The van der Waals surface area contributed by atoms with E-state index >= 15 is 0 Å². The van der Waals surface area contributed by atoms with Crippen LogP contribution >= 0.6 is 11.6 Å². The minimum atomic E-state index is -0.763. The quantitative estimate of drug-likeness (QED) is 0.0643. The first kappa shape index (κ1) is 33.4. The average molecular weight is 636 g/mol. The average Bonchev–Trinajstić information content (AvgIpc) is 3.03. The van der Waals surface area contributed by atoms with E-state index in [1.165, 1.54) is 13.0 Å². The summed E-state index contributed by atoms with van der Waals surface area (Å²) in [5, 5.41) is 17.2. The number of azo groups is 2. The number of rotatable bonds is 12. The lowest BCUT2D eigenvalue weighted by Gasteiger charge is -2.18. The van der Waals surface area contributed by atoms with Gasteiger partial charge in [-0.15, -0.1) is 5.11 Å². The van der Waals surface area contributed by atoms with Gasteiger partial charge in [0.1, 0.15) is 18.0 Å². The number of esters is 2. The molecule has 0 aliphatic heterocycles. The third-order valence-corrected chi connectivity index (χ3v) is 5.66. The molecule has 3 rings (SSSR count). The summed E-state index contributed by atoms with van der Waals surface area (Å²) in [6.45, 7) is 8.96. The van der Waals surface area contributed by atoms with E-state index in [1.54, 1.807) is 36.4 Å². The van der Waals surface area contributed by atoms with Crippen molar-refractivity contribution in [3.05, 3.63) is 131 Å². The Labute approximate surface area is 276 Å². The number of benzene rings is 3. The van der Waals surface area contributed by atoms with Crippen LogP contribution in [0.25, 0.3) is 0 Å². The van der Waals surface area contributed by atoms with Gasteiger partial charge in [0.2, 0.25) is 0 Å². The van der Waals surface area contributed by atoms with E-state index in [0.29, 0.717) is 35.9 Å². The van der Waals surface area contributed by atoms with Gasteiger partial charge in [-0.05, 0) is 90.2 Å². The third-order valence-electron chi connectivity index (χ3n) is 5.36. The molecule has 0 atom stereocenters. The topological polar surface area (TPSA) is 115 Å². The van der Waals surface area contributed by atoms with E-state index in [0.717, 1.165) is 11.8 Å². The van der Waals surface area contributed by atoms with Crippen molar-refractivity contribution in [3.8, 4) is 5.75 Å². The zero-order valence-corrected chi connectivity index (χ0v) is 25.2. The molecule has 0 bridgehead atoms. The summed E-state index contributed by atoms with van der Waals surface area (Å²) < 4.78 is 15.5.